The van der Waals surface area contributed by atoms with Gasteiger partial charge in [-0.25, -0.2) is 4.68 Å². The first-order valence-electron chi connectivity index (χ1n) is 7.32. The van der Waals surface area contributed by atoms with E-state index in [2.05, 4.69) is 16.6 Å². The fraction of sp³-hybridized carbons (Fsp3) is 0.500. The van der Waals surface area contributed by atoms with Crippen molar-refractivity contribution in [2.24, 2.45) is 0 Å². The van der Waals surface area contributed by atoms with Crippen molar-refractivity contribution < 1.29 is 5.11 Å². The summed E-state index contributed by atoms with van der Waals surface area (Å²) in [5.74, 6) is 1.28. The first kappa shape index (κ1) is 14.3. The van der Waals surface area contributed by atoms with Crippen LogP contribution in [-0.4, -0.2) is 19.5 Å². The van der Waals surface area contributed by atoms with Crippen molar-refractivity contribution in [3.8, 4) is 11.4 Å². The zero-order chi connectivity index (χ0) is 15.5. The molecule has 1 heterocycles. The van der Waals surface area contributed by atoms with E-state index in [0.717, 1.165) is 38.5 Å². The van der Waals surface area contributed by atoms with Crippen molar-refractivity contribution >= 4 is 12.2 Å². The van der Waals surface area contributed by atoms with Gasteiger partial charge in [-0.05, 0) is 76.4 Å². The quantitative estimate of drug-likeness (QED) is 0.853. The van der Waals surface area contributed by atoms with Crippen LogP contribution in [0.4, 0.5) is 0 Å². The van der Waals surface area contributed by atoms with Gasteiger partial charge in [0.05, 0.1) is 5.69 Å². The molecule has 5 heteroatoms. The molecule has 0 aliphatic heterocycles. The van der Waals surface area contributed by atoms with E-state index in [0.29, 0.717) is 11.8 Å². The van der Waals surface area contributed by atoms with Crippen LogP contribution in [-0.2, 0) is 0 Å². The molecule has 3 rings (SSSR count). The van der Waals surface area contributed by atoms with Crippen LogP contribution in [0, 0.1) is 39.4 Å². The summed E-state index contributed by atoms with van der Waals surface area (Å²) < 4.78 is 4.68. The fourth-order valence-corrected chi connectivity index (χ4v) is 3.42. The highest BCUT2D eigenvalue weighted by Crippen LogP contribution is 2.38. The molecule has 1 fully saturated rings. The maximum absolute atomic E-state index is 10.4. The number of aromatic nitrogens is 3. The van der Waals surface area contributed by atoms with E-state index in [1.807, 2.05) is 32.4 Å². The van der Waals surface area contributed by atoms with Gasteiger partial charge in [0, 0.05) is 11.6 Å². The molecule has 0 saturated heterocycles. The Morgan fingerprint density at radius 1 is 1.00 bits per heavy atom. The molecule has 0 bridgehead atoms. The molecular weight excluding hydrogens is 282 g/mol. The van der Waals surface area contributed by atoms with Gasteiger partial charge in [-0.3, -0.25) is 0 Å². The summed E-state index contributed by atoms with van der Waals surface area (Å²) in [6.07, 6.45) is 2.36. The summed E-state index contributed by atoms with van der Waals surface area (Å²) in [4.78, 5) is 0. The third-order valence-electron chi connectivity index (χ3n) is 4.65. The molecule has 112 valence electrons. The molecular formula is C16H21N3OS. The molecule has 1 aromatic carbocycles. The summed E-state index contributed by atoms with van der Waals surface area (Å²) in [5, 5.41) is 15.0. The molecule has 0 spiro atoms. The molecule has 0 radical (unpaired) electrons. The zero-order valence-corrected chi connectivity index (χ0v) is 14.0. The highest BCUT2D eigenvalue weighted by molar-refractivity contribution is 7.71. The van der Waals surface area contributed by atoms with E-state index in [9.17, 15) is 5.11 Å². The van der Waals surface area contributed by atoms with Gasteiger partial charge in [0.15, 0.2) is 0 Å². The van der Waals surface area contributed by atoms with Gasteiger partial charge < -0.3 is 9.67 Å². The van der Waals surface area contributed by atoms with Gasteiger partial charge in [-0.2, -0.15) is 5.10 Å². The molecule has 0 amide bonds. The molecule has 4 nitrogen and oxygen atoms in total. The second kappa shape index (κ2) is 4.70. The van der Waals surface area contributed by atoms with Crippen LogP contribution >= 0.6 is 12.2 Å². The Morgan fingerprint density at radius 2 is 1.62 bits per heavy atom. The van der Waals surface area contributed by atoms with Crippen molar-refractivity contribution in [3.05, 3.63) is 32.8 Å². The highest BCUT2D eigenvalue weighted by atomic mass is 32.1. The number of rotatable bonds is 2. The Labute approximate surface area is 130 Å². The minimum absolute atomic E-state index is 0.341. The largest absolute Gasteiger partial charge is 0.507 e. The average Bonchev–Trinajstić information content (AvgIpc) is 3.22. The molecule has 0 unspecified atom stereocenters. The number of aromatic hydroxyl groups is 1. The number of nitrogens with zero attached hydrogens (tertiary/aromatic N) is 3. The minimum Gasteiger partial charge on any atom is -0.507 e. The predicted octanol–water partition coefficient (Wildman–Crippen LogP) is 3.99. The average molecular weight is 303 g/mol. The molecule has 1 saturated carbocycles. The molecule has 1 aromatic heterocycles. The Bertz CT molecular complexity index is 768. The van der Waals surface area contributed by atoms with Gasteiger partial charge in [-0.15, -0.1) is 0 Å². The van der Waals surface area contributed by atoms with E-state index in [4.69, 9.17) is 12.2 Å². The molecule has 1 N–H and O–H groups in total. The highest BCUT2D eigenvalue weighted by Gasteiger charge is 2.28. The zero-order valence-electron chi connectivity index (χ0n) is 13.2. The van der Waals surface area contributed by atoms with Gasteiger partial charge in [0.25, 0.3) is 0 Å². The third kappa shape index (κ3) is 2.02. The topological polar surface area (TPSA) is 43.0 Å². The lowest BCUT2D eigenvalue weighted by Gasteiger charge is -2.17. The van der Waals surface area contributed by atoms with E-state index in [1.54, 1.807) is 0 Å². The van der Waals surface area contributed by atoms with Crippen molar-refractivity contribution in [1.82, 2.24) is 14.3 Å². The lowest BCUT2D eigenvalue weighted by Crippen LogP contribution is -2.06. The third-order valence-corrected chi connectivity index (χ3v) is 5.02. The van der Waals surface area contributed by atoms with E-state index in [-0.39, 0.29) is 0 Å². The van der Waals surface area contributed by atoms with Crippen molar-refractivity contribution in [2.75, 3.05) is 0 Å². The second-order valence-corrected chi connectivity index (χ2v) is 6.41. The number of hydrogen-bond acceptors (Lipinski definition) is 3. The van der Waals surface area contributed by atoms with Crippen LogP contribution in [0.15, 0.2) is 0 Å². The van der Waals surface area contributed by atoms with Crippen LogP contribution < -0.4 is 0 Å². The van der Waals surface area contributed by atoms with E-state index >= 15 is 0 Å². The van der Waals surface area contributed by atoms with Crippen LogP contribution in [0.3, 0.4) is 0 Å². The van der Waals surface area contributed by atoms with E-state index < -0.39 is 0 Å². The molecule has 0 atom stereocenters. The van der Waals surface area contributed by atoms with Gasteiger partial charge in [0.2, 0.25) is 4.77 Å². The molecule has 2 aromatic rings. The summed E-state index contributed by atoms with van der Waals surface area (Å²) >= 11 is 5.63. The first-order chi connectivity index (χ1) is 9.84. The first-order valence-corrected chi connectivity index (χ1v) is 7.73. The predicted molar refractivity (Wildman–Crippen MR) is 86.0 cm³/mol. The molecule has 1 aliphatic carbocycles. The number of phenols is 1. The van der Waals surface area contributed by atoms with Crippen molar-refractivity contribution in [2.45, 2.75) is 53.5 Å². The van der Waals surface area contributed by atoms with E-state index in [1.165, 1.54) is 12.8 Å². The van der Waals surface area contributed by atoms with Crippen LogP contribution in [0.2, 0.25) is 0 Å². The standard InChI is InChI=1S/C16H21N3OS/c1-8-9(2)14(11(4)15(20)10(8)3)19-16(21)18(12(5)17-19)13-6-7-13/h13,20H,6-7H2,1-5H3. The Morgan fingerprint density at radius 3 is 2.19 bits per heavy atom. The van der Waals surface area contributed by atoms with Crippen molar-refractivity contribution in [3.63, 3.8) is 0 Å². The Balaban J connectivity index is 2.32. The lowest BCUT2D eigenvalue weighted by atomic mass is 9.97. The smallest absolute Gasteiger partial charge is 0.202 e. The monoisotopic (exact) mass is 303 g/mol. The van der Waals surface area contributed by atoms with Gasteiger partial charge in [-0.1, -0.05) is 0 Å². The SMILES string of the molecule is Cc1c(C)c(O)c(C)c(-n2nc(C)n(C3CC3)c2=S)c1C. The number of hydrogen-bond donors (Lipinski definition) is 1. The van der Waals surface area contributed by atoms with Crippen LogP contribution in [0.25, 0.3) is 5.69 Å². The number of aryl methyl sites for hydroxylation is 1. The van der Waals surface area contributed by atoms with Crippen molar-refractivity contribution in [1.29, 1.82) is 0 Å². The van der Waals surface area contributed by atoms with Crippen LogP contribution in [0.5, 0.6) is 5.75 Å². The summed E-state index contributed by atoms with van der Waals surface area (Å²) in [5.41, 5.74) is 4.90. The Hall–Kier alpha value is -1.62. The van der Waals surface area contributed by atoms with Crippen LogP contribution in [0.1, 0.15) is 47.0 Å². The lowest BCUT2D eigenvalue weighted by molar-refractivity contribution is 0.465. The minimum atomic E-state index is 0.341. The number of benzene rings is 1. The molecule has 1 aliphatic rings. The second-order valence-electron chi connectivity index (χ2n) is 6.04. The summed E-state index contributed by atoms with van der Waals surface area (Å²) in [7, 11) is 0. The number of phenolic OH excluding ortho intramolecular Hbond substituents is 1. The van der Waals surface area contributed by atoms with Gasteiger partial charge >= 0.3 is 0 Å². The maximum Gasteiger partial charge on any atom is 0.202 e. The molecule has 21 heavy (non-hydrogen) atoms. The fourth-order valence-electron chi connectivity index (χ4n) is 3.00. The summed E-state index contributed by atoms with van der Waals surface area (Å²) in [6, 6.07) is 0.506. The normalized spacial score (nSPS) is 14.7. The Kier molecular flexibility index (Phi) is 3.20. The van der Waals surface area contributed by atoms with Gasteiger partial charge in [0.1, 0.15) is 11.6 Å². The summed E-state index contributed by atoms with van der Waals surface area (Å²) in [6.45, 7) is 9.97. The maximum atomic E-state index is 10.4.